The van der Waals surface area contributed by atoms with Crippen molar-refractivity contribution in [3.8, 4) is 0 Å². The normalized spacial score (nSPS) is 15.0. The van der Waals surface area contributed by atoms with Crippen molar-refractivity contribution >= 4 is 45.5 Å². The number of rotatable bonds is 12. The number of carbonyl (C=O) groups is 4. The predicted octanol–water partition coefficient (Wildman–Crippen LogP) is 0.701. The predicted molar refractivity (Wildman–Crippen MR) is 153 cm³/mol. The third-order valence-corrected chi connectivity index (χ3v) is 6.98. The van der Waals surface area contributed by atoms with Crippen molar-refractivity contribution in [3.63, 3.8) is 0 Å². The maximum Gasteiger partial charge on any atom is 0.326 e. The van der Waals surface area contributed by atoms with Gasteiger partial charge in [-0.25, -0.2) is 4.79 Å². The van der Waals surface area contributed by atoms with Crippen LogP contribution in [0.3, 0.4) is 0 Å². The number of carboxylic acid groups (broad SMARTS) is 1. The first-order valence-corrected chi connectivity index (χ1v) is 13.2. The summed E-state index contributed by atoms with van der Waals surface area (Å²) in [4.78, 5) is 56.7. The van der Waals surface area contributed by atoms with E-state index in [1.807, 2.05) is 48.5 Å². The molecule has 12 nitrogen and oxygen atoms in total. The molecule has 41 heavy (non-hydrogen) atoms. The second-order valence-electron chi connectivity index (χ2n) is 10.1. The average Bonchev–Trinajstić information content (AvgIpc) is 3.54. The summed E-state index contributed by atoms with van der Waals surface area (Å²) in [6.07, 6.45) is 2.31. The van der Waals surface area contributed by atoms with E-state index in [2.05, 4.69) is 25.9 Å². The minimum atomic E-state index is -1.47. The molecule has 5 atom stereocenters. The molecule has 2 aromatic heterocycles. The van der Waals surface area contributed by atoms with Crippen molar-refractivity contribution in [2.24, 2.45) is 5.73 Å². The quantitative estimate of drug-likeness (QED) is 0.124. The van der Waals surface area contributed by atoms with E-state index in [1.165, 1.54) is 13.8 Å². The van der Waals surface area contributed by atoms with Crippen molar-refractivity contribution in [1.29, 1.82) is 0 Å². The SMILES string of the molecule is CC(NC(=O)C(N)Cc1c[nH]c2ccccc12)C(=O)NC(C(=O)NC(Cc1c[nH]c2ccccc12)C(=O)O)C(C)O. The highest BCUT2D eigenvalue weighted by molar-refractivity contribution is 5.95. The third kappa shape index (κ3) is 6.91. The molecule has 3 amide bonds. The number of amides is 3. The number of nitrogens with two attached hydrogens (primary N) is 1. The van der Waals surface area contributed by atoms with Gasteiger partial charge < -0.3 is 41.9 Å². The molecule has 5 unspecified atom stereocenters. The topological polar surface area (TPSA) is 202 Å². The number of carboxylic acids is 1. The van der Waals surface area contributed by atoms with Crippen molar-refractivity contribution in [1.82, 2.24) is 25.9 Å². The molecule has 0 saturated heterocycles. The van der Waals surface area contributed by atoms with Crippen LogP contribution in [0.4, 0.5) is 0 Å². The van der Waals surface area contributed by atoms with Gasteiger partial charge in [0.2, 0.25) is 17.7 Å². The van der Waals surface area contributed by atoms with Gasteiger partial charge in [0.05, 0.1) is 12.1 Å². The largest absolute Gasteiger partial charge is 0.480 e. The molecule has 0 radical (unpaired) electrons. The number of nitrogens with one attached hydrogen (secondary N) is 5. The molecule has 9 N–H and O–H groups in total. The van der Waals surface area contributed by atoms with E-state index in [1.54, 1.807) is 12.4 Å². The Morgan fingerprint density at radius 2 is 1.32 bits per heavy atom. The van der Waals surface area contributed by atoms with Crippen molar-refractivity contribution < 1.29 is 29.4 Å². The molecule has 12 heteroatoms. The van der Waals surface area contributed by atoms with Gasteiger partial charge in [-0.15, -0.1) is 0 Å². The molecular formula is C29H34N6O6. The number of hydrogen-bond acceptors (Lipinski definition) is 6. The van der Waals surface area contributed by atoms with Crippen molar-refractivity contribution in [3.05, 3.63) is 72.1 Å². The zero-order valence-corrected chi connectivity index (χ0v) is 22.7. The molecule has 0 fully saturated rings. The summed E-state index contributed by atoms with van der Waals surface area (Å²) in [7, 11) is 0. The van der Waals surface area contributed by atoms with E-state index >= 15 is 0 Å². The van der Waals surface area contributed by atoms with Crippen LogP contribution in [-0.4, -0.2) is 74.1 Å². The standard InChI is InChI=1S/C29H34N6O6/c1-15(33-27(38)21(30)11-17-13-31-22-9-5-3-7-19(17)22)26(37)35-25(16(2)36)28(39)34-24(29(40)41)12-18-14-32-23-10-6-4-8-20(18)23/h3-10,13-16,21,24-25,31-32,36H,11-12,30H2,1-2H3,(H,33,38)(H,34,39)(H,35,37)(H,40,41). The average molecular weight is 563 g/mol. The first-order valence-electron chi connectivity index (χ1n) is 13.2. The van der Waals surface area contributed by atoms with Gasteiger partial charge in [0.15, 0.2) is 0 Å². The van der Waals surface area contributed by atoms with Gasteiger partial charge in [-0.2, -0.15) is 0 Å². The number of fused-ring (bicyclic) bond motifs is 2. The number of aromatic amines is 2. The summed E-state index contributed by atoms with van der Waals surface area (Å²) in [6.45, 7) is 2.71. The number of benzene rings is 2. The third-order valence-electron chi connectivity index (χ3n) is 6.98. The Morgan fingerprint density at radius 1 is 0.780 bits per heavy atom. The second kappa shape index (κ2) is 12.7. The number of aliphatic carboxylic acids is 1. The lowest BCUT2D eigenvalue weighted by molar-refractivity contribution is -0.143. The number of aliphatic hydroxyl groups is 1. The summed E-state index contributed by atoms with van der Waals surface area (Å²) >= 11 is 0. The zero-order valence-electron chi connectivity index (χ0n) is 22.7. The highest BCUT2D eigenvalue weighted by Gasteiger charge is 2.32. The van der Waals surface area contributed by atoms with Crippen LogP contribution in [0, 0.1) is 0 Å². The Morgan fingerprint density at radius 3 is 1.85 bits per heavy atom. The summed E-state index contributed by atoms with van der Waals surface area (Å²) in [6, 6.07) is 10.1. The summed E-state index contributed by atoms with van der Waals surface area (Å²) in [5, 5.41) is 29.1. The minimum Gasteiger partial charge on any atom is -0.480 e. The van der Waals surface area contributed by atoms with E-state index in [0.717, 1.165) is 27.4 Å². The number of H-pyrrole nitrogens is 2. The molecule has 0 aliphatic carbocycles. The van der Waals surface area contributed by atoms with Crippen LogP contribution in [0.25, 0.3) is 21.8 Å². The lowest BCUT2D eigenvalue weighted by Crippen LogP contribution is -2.59. The van der Waals surface area contributed by atoms with E-state index < -0.39 is 54.0 Å². The fourth-order valence-electron chi connectivity index (χ4n) is 4.68. The molecule has 0 aliphatic heterocycles. The Hall–Kier alpha value is -4.68. The van der Waals surface area contributed by atoms with Crippen LogP contribution in [0.15, 0.2) is 60.9 Å². The van der Waals surface area contributed by atoms with Gasteiger partial charge >= 0.3 is 5.97 Å². The molecule has 0 aliphatic rings. The van der Waals surface area contributed by atoms with E-state index in [4.69, 9.17) is 5.73 Å². The Labute approximate surface area is 235 Å². The number of para-hydroxylation sites is 2. The number of hydrogen-bond donors (Lipinski definition) is 8. The zero-order chi connectivity index (χ0) is 29.7. The van der Waals surface area contributed by atoms with E-state index in [-0.39, 0.29) is 12.8 Å². The maximum atomic E-state index is 13.0. The summed E-state index contributed by atoms with van der Waals surface area (Å²) < 4.78 is 0. The molecule has 4 aromatic rings. The molecule has 0 bridgehead atoms. The molecule has 2 heterocycles. The van der Waals surface area contributed by atoms with Crippen LogP contribution in [0.5, 0.6) is 0 Å². The maximum absolute atomic E-state index is 13.0. The fourth-order valence-corrected chi connectivity index (χ4v) is 4.68. The number of carbonyl (C=O) groups excluding carboxylic acids is 3. The highest BCUT2D eigenvalue weighted by Crippen LogP contribution is 2.20. The first-order chi connectivity index (χ1) is 19.5. The summed E-state index contributed by atoms with van der Waals surface area (Å²) in [5.41, 5.74) is 9.38. The molecule has 0 spiro atoms. The van der Waals surface area contributed by atoms with E-state index in [9.17, 15) is 29.4 Å². The van der Waals surface area contributed by atoms with Crippen LogP contribution in [0.1, 0.15) is 25.0 Å². The molecular weight excluding hydrogens is 528 g/mol. The monoisotopic (exact) mass is 562 g/mol. The lowest BCUT2D eigenvalue weighted by Gasteiger charge is -2.25. The van der Waals surface area contributed by atoms with E-state index in [0.29, 0.717) is 5.56 Å². The first kappa shape index (κ1) is 29.3. The Bertz CT molecular complexity index is 1560. The lowest BCUT2D eigenvalue weighted by atomic mass is 10.0. The minimum absolute atomic E-state index is 0.0215. The Balaban J connectivity index is 1.35. The van der Waals surface area contributed by atoms with Crippen LogP contribution in [0.2, 0.25) is 0 Å². The van der Waals surface area contributed by atoms with Gasteiger partial charge in [-0.1, -0.05) is 36.4 Å². The molecule has 0 saturated carbocycles. The second-order valence-corrected chi connectivity index (χ2v) is 10.1. The van der Waals surface area contributed by atoms with Crippen molar-refractivity contribution in [2.45, 2.75) is 57.0 Å². The number of aliphatic hydroxyl groups excluding tert-OH is 1. The molecule has 2 aromatic carbocycles. The van der Waals surface area contributed by atoms with Crippen LogP contribution < -0.4 is 21.7 Å². The summed E-state index contributed by atoms with van der Waals surface area (Å²) in [5.74, 6) is -3.47. The molecule has 4 rings (SSSR count). The smallest absolute Gasteiger partial charge is 0.326 e. The van der Waals surface area contributed by atoms with Gasteiger partial charge in [0.1, 0.15) is 18.1 Å². The molecule has 216 valence electrons. The van der Waals surface area contributed by atoms with Gasteiger partial charge in [0, 0.05) is 40.6 Å². The van der Waals surface area contributed by atoms with Gasteiger partial charge in [0.25, 0.3) is 0 Å². The van der Waals surface area contributed by atoms with Crippen LogP contribution in [-0.2, 0) is 32.0 Å². The van der Waals surface area contributed by atoms with Crippen molar-refractivity contribution in [2.75, 3.05) is 0 Å². The fraction of sp³-hybridized carbons (Fsp3) is 0.310. The van der Waals surface area contributed by atoms with Crippen LogP contribution >= 0.6 is 0 Å². The Kier molecular flexibility index (Phi) is 9.05. The van der Waals surface area contributed by atoms with Gasteiger partial charge in [-0.3, -0.25) is 14.4 Å². The van der Waals surface area contributed by atoms with Gasteiger partial charge in [-0.05, 0) is 43.5 Å². The highest BCUT2D eigenvalue weighted by atomic mass is 16.4. The number of aromatic nitrogens is 2.